The summed E-state index contributed by atoms with van der Waals surface area (Å²) in [4.78, 5) is 24.0. The van der Waals surface area contributed by atoms with Crippen molar-refractivity contribution in [3.05, 3.63) is 29.6 Å². The monoisotopic (exact) mass is 193 g/mol. The van der Waals surface area contributed by atoms with Crippen molar-refractivity contribution in [2.75, 3.05) is 6.61 Å². The van der Waals surface area contributed by atoms with Gasteiger partial charge in [0.25, 0.3) is 0 Å². The van der Waals surface area contributed by atoms with Gasteiger partial charge in [-0.05, 0) is 25.1 Å². The van der Waals surface area contributed by atoms with Gasteiger partial charge in [0.05, 0.1) is 12.3 Å². The average Bonchev–Trinajstić information content (AvgIpc) is 2.63. The van der Waals surface area contributed by atoms with E-state index in [0.29, 0.717) is 24.3 Å². The van der Waals surface area contributed by atoms with E-state index < -0.39 is 5.97 Å². The summed E-state index contributed by atoms with van der Waals surface area (Å²) in [5.74, 6) is -0.394. The molecule has 1 aromatic heterocycles. The van der Waals surface area contributed by atoms with Gasteiger partial charge in [-0.25, -0.2) is 4.79 Å². The first kappa shape index (κ1) is 10.2. The zero-order valence-electron chi connectivity index (χ0n) is 7.82. The third-order valence-corrected chi connectivity index (χ3v) is 1.54. The molecule has 1 rings (SSSR count). The standard InChI is InChI=1S/C10H11NO3/c1-2-14-10(13)6-5-8-3-4-9(7-12)11-8/h3-7,11H,2H2,1H3/b6-5+. The Bertz CT molecular complexity index is 352. The zero-order chi connectivity index (χ0) is 10.4. The smallest absolute Gasteiger partial charge is 0.330 e. The molecule has 0 unspecified atom stereocenters. The van der Waals surface area contributed by atoms with Gasteiger partial charge in [-0.3, -0.25) is 4.79 Å². The maximum atomic E-state index is 10.9. The van der Waals surface area contributed by atoms with Crippen LogP contribution in [0.1, 0.15) is 23.1 Å². The Kier molecular flexibility index (Phi) is 3.67. The lowest BCUT2D eigenvalue weighted by molar-refractivity contribution is -0.137. The molecule has 0 atom stereocenters. The molecule has 1 heterocycles. The first-order valence-electron chi connectivity index (χ1n) is 4.25. The predicted octanol–water partition coefficient (Wildman–Crippen LogP) is 1.40. The summed E-state index contributed by atoms with van der Waals surface area (Å²) in [5, 5.41) is 0. The quantitative estimate of drug-likeness (QED) is 0.446. The van der Waals surface area contributed by atoms with Crippen LogP contribution in [0, 0.1) is 0 Å². The van der Waals surface area contributed by atoms with Gasteiger partial charge in [0.1, 0.15) is 0 Å². The number of carbonyl (C=O) groups is 2. The van der Waals surface area contributed by atoms with Crippen LogP contribution in [-0.2, 0) is 9.53 Å². The van der Waals surface area contributed by atoms with Gasteiger partial charge in [-0.1, -0.05) is 0 Å². The van der Waals surface area contributed by atoms with Crippen molar-refractivity contribution in [2.45, 2.75) is 6.92 Å². The highest BCUT2D eigenvalue weighted by Gasteiger charge is 1.96. The molecule has 0 saturated heterocycles. The van der Waals surface area contributed by atoms with E-state index in [1.165, 1.54) is 6.08 Å². The van der Waals surface area contributed by atoms with Crippen LogP contribution in [-0.4, -0.2) is 23.8 Å². The van der Waals surface area contributed by atoms with Gasteiger partial charge in [0.15, 0.2) is 6.29 Å². The van der Waals surface area contributed by atoms with Gasteiger partial charge >= 0.3 is 5.97 Å². The minimum atomic E-state index is -0.394. The first-order valence-corrected chi connectivity index (χ1v) is 4.25. The second-order valence-electron chi connectivity index (χ2n) is 2.57. The summed E-state index contributed by atoms with van der Waals surface area (Å²) < 4.78 is 4.69. The highest BCUT2D eigenvalue weighted by molar-refractivity contribution is 5.87. The Morgan fingerprint density at radius 2 is 2.21 bits per heavy atom. The Morgan fingerprint density at radius 1 is 1.50 bits per heavy atom. The van der Waals surface area contributed by atoms with Gasteiger partial charge in [0.2, 0.25) is 0 Å². The van der Waals surface area contributed by atoms with Crippen LogP contribution in [0.4, 0.5) is 0 Å². The highest BCUT2D eigenvalue weighted by atomic mass is 16.5. The lowest BCUT2D eigenvalue weighted by Gasteiger charge is -1.93. The number of hydrogen-bond donors (Lipinski definition) is 1. The van der Waals surface area contributed by atoms with Crippen LogP contribution in [0.15, 0.2) is 18.2 Å². The van der Waals surface area contributed by atoms with Crippen LogP contribution in [0.25, 0.3) is 6.08 Å². The molecule has 14 heavy (non-hydrogen) atoms. The minimum Gasteiger partial charge on any atom is -0.463 e. The fourth-order valence-electron chi connectivity index (χ4n) is 0.944. The number of esters is 1. The summed E-state index contributed by atoms with van der Waals surface area (Å²) in [6, 6.07) is 3.34. The molecule has 0 amide bonds. The van der Waals surface area contributed by atoms with Crippen LogP contribution in [0.3, 0.4) is 0 Å². The molecule has 0 aliphatic heterocycles. The normalized spacial score (nSPS) is 10.4. The number of nitrogens with one attached hydrogen (secondary N) is 1. The van der Waals surface area contributed by atoms with E-state index in [0.717, 1.165) is 0 Å². The molecule has 74 valence electrons. The summed E-state index contributed by atoms with van der Waals surface area (Å²) >= 11 is 0. The first-order chi connectivity index (χ1) is 6.76. The van der Waals surface area contributed by atoms with Crippen molar-refractivity contribution >= 4 is 18.3 Å². The Balaban J connectivity index is 2.59. The van der Waals surface area contributed by atoms with E-state index >= 15 is 0 Å². The summed E-state index contributed by atoms with van der Waals surface area (Å²) in [6.07, 6.45) is 3.58. The van der Waals surface area contributed by atoms with Gasteiger partial charge < -0.3 is 9.72 Å². The minimum absolute atomic E-state index is 0.355. The third-order valence-electron chi connectivity index (χ3n) is 1.54. The number of ether oxygens (including phenoxy) is 1. The molecule has 0 fully saturated rings. The Morgan fingerprint density at radius 3 is 2.79 bits per heavy atom. The van der Waals surface area contributed by atoms with E-state index in [-0.39, 0.29) is 0 Å². The van der Waals surface area contributed by atoms with E-state index in [2.05, 4.69) is 9.72 Å². The molecular formula is C10H11NO3. The molecular weight excluding hydrogens is 182 g/mol. The number of carbonyl (C=O) groups excluding carboxylic acids is 2. The fraction of sp³-hybridized carbons (Fsp3) is 0.200. The van der Waals surface area contributed by atoms with Gasteiger partial charge in [0, 0.05) is 11.8 Å². The van der Waals surface area contributed by atoms with E-state index in [1.54, 1.807) is 25.1 Å². The number of aromatic amines is 1. The van der Waals surface area contributed by atoms with Crippen molar-refractivity contribution in [1.82, 2.24) is 4.98 Å². The van der Waals surface area contributed by atoms with Gasteiger partial charge in [-0.2, -0.15) is 0 Å². The number of aromatic nitrogens is 1. The molecule has 0 aliphatic rings. The fourth-order valence-corrected chi connectivity index (χ4v) is 0.944. The molecule has 0 bridgehead atoms. The summed E-state index contributed by atoms with van der Waals surface area (Å²) in [7, 11) is 0. The third kappa shape index (κ3) is 2.90. The van der Waals surface area contributed by atoms with Crippen LogP contribution >= 0.6 is 0 Å². The maximum absolute atomic E-state index is 10.9. The second-order valence-corrected chi connectivity index (χ2v) is 2.57. The molecule has 1 aromatic rings. The molecule has 0 spiro atoms. The molecule has 0 aliphatic carbocycles. The highest BCUT2D eigenvalue weighted by Crippen LogP contribution is 2.01. The largest absolute Gasteiger partial charge is 0.463 e. The number of aldehydes is 1. The SMILES string of the molecule is CCOC(=O)/C=C/c1ccc(C=O)[nH]1. The summed E-state index contributed by atoms with van der Waals surface area (Å²) in [6.45, 7) is 2.10. The molecule has 1 N–H and O–H groups in total. The molecule has 4 nitrogen and oxygen atoms in total. The average molecular weight is 193 g/mol. The van der Waals surface area contributed by atoms with Crippen molar-refractivity contribution in [2.24, 2.45) is 0 Å². The Hall–Kier alpha value is -1.84. The van der Waals surface area contributed by atoms with E-state index in [4.69, 9.17) is 0 Å². The topological polar surface area (TPSA) is 59.2 Å². The lowest BCUT2D eigenvalue weighted by Crippen LogP contribution is -1.98. The zero-order valence-corrected chi connectivity index (χ0v) is 7.82. The van der Waals surface area contributed by atoms with Crippen molar-refractivity contribution in [1.29, 1.82) is 0 Å². The molecule has 0 aromatic carbocycles. The van der Waals surface area contributed by atoms with Crippen LogP contribution in [0.5, 0.6) is 0 Å². The number of H-pyrrole nitrogens is 1. The second kappa shape index (κ2) is 5.01. The van der Waals surface area contributed by atoms with Gasteiger partial charge in [-0.15, -0.1) is 0 Å². The number of hydrogen-bond acceptors (Lipinski definition) is 3. The van der Waals surface area contributed by atoms with Crippen LogP contribution < -0.4 is 0 Å². The van der Waals surface area contributed by atoms with Crippen molar-refractivity contribution < 1.29 is 14.3 Å². The maximum Gasteiger partial charge on any atom is 0.330 e. The van der Waals surface area contributed by atoms with Crippen molar-refractivity contribution in [3.63, 3.8) is 0 Å². The number of rotatable bonds is 4. The van der Waals surface area contributed by atoms with Crippen molar-refractivity contribution in [3.8, 4) is 0 Å². The molecule has 0 radical (unpaired) electrons. The van der Waals surface area contributed by atoms with E-state index in [9.17, 15) is 9.59 Å². The van der Waals surface area contributed by atoms with Crippen LogP contribution in [0.2, 0.25) is 0 Å². The molecule has 4 heteroatoms. The summed E-state index contributed by atoms with van der Waals surface area (Å²) in [5.41, 5.74) is 1.17. The van der Waals surface area contributed by atoms with E-state index in [1.807, 2.05) is 0 Å². The molecule has 0 saturated carbocycles. The Labute approximate surface area is 81.6 Å². The predicted molar refractivity (Wildman–Crippen MR) is 51.8 cm³/mol. The lowest BCUT2D eigenvalue weighted by atomic mass is 10.4.